The summed E-state index contributed by atoms with van der Waals surface area (Å²) in [6.45, 7) is 2.32. The normalized spacial score (nSPS) is 10.4. The Kier molecular flexibility index (Phi) is 5.70. The Bertz CT molecular complexity index is 643. The molecule has 3 nitrogen and oxygen atoms in total. The second kappa shape index (κ2) is 7.52. The van der Waals surface area contributed by atoms with Gasteiger partial charge in [-0.05, 0) is 35.6 Å². The highest BCUT2D eigenvalue weighted by molar-refractivity contribution is 9.10. The molecule has 2 aromatic rings. The fourth-order valence-electron chi connectivity index (χ4n) is 1.91. The number of halogens is 1. The third kappa shape index (κ3) is 4.25. The van der Waals surface area contributed by atoms with E-state index in [4.69, 9.17) is 4.74 Å². The summed E-state index contributed by atoms with van der Waals surface area (Å²) in [5.74, 6) is 0.256. The second-order valence-electron chi connectivity index (χ2n) is 4.29. The fourth-order valence-corrected chi connectivity index (χ4v) is 3.17. The van der Waals surface area contributed by atoms with Gasteiger partial charge in [0, 0.05) is 9.37 Å². The maximum atomic E-state index is 11.5. The lowest BCUT2D eigenvalue weighted by Gasteiger charge is -2.12. The molecule has 0 saturated heterocycles. The zero-order valence-electron chi connectivity index (χ0n) is 11.5. The maximum absolute atomic E-state index is 11.5. The maximum Gasteiger partial charge on any atom is 0.340 e. The summed E-state index contributed by atoms with van der Waals surface area (Å²) in [6.07, 6.45) is 0. The highest BCUT2D eigenvalue weighted by atomic mass is 79.9. The van der Waals surface area contributed by atoms with Gasteiger partial charge >= 0.3 is 5.97 Å². The second-order valence-corrected chi connectivity index (χ2v) is 6.51. The van der Waals surface area contributed by atoms with E-state index in [1.807, 2.05) is 43.3 Å². The van der Waals surface area contributed by atoms with Crippen molar-refractivity contribution in [3.63, 3.8) is 0 Å². The van der Waals surface area contributed by atoms with Crippen molar-refractivity contribution in [1.29, 1.82) is 0 Å². The Balaban J connectivity index is 2.23. The van der Waals surface area contributed by atoms with Gasteiger partial charge in [-0.25, -0.2) is 4.79 Å². The average molecular weight is 367 g/mol. The lowest BCUT2D eigenvalue weighted by atomic mass is 10.2. The van der Waals surface area contributed by atoms with Crippen LogP contribution in [-0.2, 0) is 6.61 Å². The van der Waals surface area contributed by atoms with E-state index in [-0.39, 0.29) is 5.56 Å². The van der Waals surface area contributed by atoms with Gasteiger partial charge in [0.25, 0.3) is 0 Å². The number of carboxylic acid groups (broad SMARTS) is 1. The van der Waals surface area contributed by atoms with E-state index < -0.39 is 5.97 Å². The lowest BCUT2D eigenvalue weighted by molar-refractivity contribution is 0.0687. The molecule has 0 atom stereocenters. The molecular weight excluding hydrogens is 352 g/mol. The van der Waals surface area contributed by atoms with Gasteiger partial charge in [-0.1, -0.05) is 41.1 Å². The fraction of sp³-hybridized carbons (Fsp3) is 0.188. The van der Waals surface area contributed by atoms with Crippen LogP contribution in [0.3, 0.4) is 0 Å². The summed E-state index contributed by atoms with van der Waals surface area (Å²) in [7, 11) is 0. The molecule has 0 fully saturated rings. The van der Waals surface area contributed by atoms with Crippen molar-refractivity contribution in [2.24, 2.45) is 0 Å². The van der Waals surface area contributed by atoms with E-state index in [0.717, 1.165) is 20.7 Å². The highest BCUT2D eigenvalue weighted by Gasteiger charge is 2.16. The van der Waals surface area contributed by atoms with Crippen molar-refractivity contribution in [3.8, 4) is 5.75 Å². The first-order chi connectivity index (χ1) is 10.1. The van der Waals surface area contributed by atoms with E-state index in [9.17, 15) is 9.90 Å². The minimum Gasteiger partial charge on any atom is -0.488 e. The molecule has 21 heavy (non-hydrogen) atoms. The Morgan fingerprint density at radius 3 is 2.71 bits per heavy atom. The van der Waals surface area contributed by atoms with Gasteiger partial charge in [0.1, 0.15) is 17.9 Å². The molecule has 0 aromatic heterocycles. The molecule has 0 radical (unpaired) electrons. The Morgan fingerprint density at radius 2 is 2.05 bits per heavy atom. The van der Waals surface area contributed by atoms with Crippen LogP contribution in [0.15, 0.2) is 51.8 Å². The number of rotatable bonds is 6. The van der Waals surface area contributed by atoms with Gasteiger partial charge in [0.2, 0.25) is 0 Å². The van der Waals surface area contributed by atoms with Crippen LogP contribution in [0.5, 0.6) is 5.75 Å². The number of thioether (sulfide) groups is 1. The van der Waals surface area contributed by atoms with Crippen molar-refractivity contribution in [3.05, 3.63) is 58.1 Å². The summed E-state index contributed by atoms with van der Waals surface area (Å²) in [4.78, 5) is 12.2. The number of ether oxygens (including phenoxy) is 1. The Labute approximate surface area is 136 Å². The van der Waals surface area contributed by atoms with E-state index in [1.165, 1.54) is 11.8 Å². The molecule has 0 unspecified atom stereocenters. The summed E-state index contributed by atoms with van der Waals surface area (Å²) in [5.41, 5.74) is 1.22. The molecule has 2 rings (SSSR count). The van der Waals surface area contributed by atoms with Gasteiger partial charge < -0.3 is 9.84 Å². The molecule has 0 amide bonds. The van der Waals surface area contributed by atoms with Gasteiger partial charge in [-0.2, -0.15) is 0 Å². The first kappa shape index (κ1) is 15.9. The smallest absolute Gasteiger partial charge is 0.340 e. The average Bonchev–Trinajstić information content (AvgIpc) is 2.45. The SMILES string of the molecule is CCSc1cccc(OCc2cccc(Br)c2)c1C(=O)O. The van der Waals surface area contributed by atoms with Gasteiger partial charge in [0.05, 0.1) is 0 Å². The largest absolute Gasteiger partial charge is 0.488 e. The molecule has 110 valence electrons. The van der Waals surface area contributed by atoms with Crippen LogP contribution in [0.4, 0.5) is 0 Å². The van der Waals surface area contributed by atoms with E-state index in [2.05, 4.69) is 15.9 Å². The van der Waals surface area contributed by atoms with E-state index in [0.29, 0.717) is 12.4 Å². The molecular formula is C16H15BrO3S. The summed E-state index contributed by atoms with van der Waals surface area (Å²) < 4.78 is 6.68. The Hall–Kier alpha value is -1.46. The van der Waals surface area contributed by atoms with Crippen LogP contribution in [0.25, 0.3) is 0 Å². The monoisotopic (exact) mass is 366 g/mol. The Morgan fingerprint density at radius 1 is 1.29 bits per heavy atom. The molecule has 0 heterocycles. The van der Waals surface area contributed by atoms with Crippen LogP contribution in [-0.4, -0.2) is 16.8 Å². The van der Waals surface area contributed by atoms with Gasteiger partial charge in [0.15, 0.2) is 0 Å². The zero-order valence-corrected chi connectivity index (χ0v) is 13.9. The lowest BCUT2D eigenvalue weighted by Crippen LogP contribution is -2.05. The van der Waals surface area contributed by atoms with E-state index >= 15 is 0 Å². The molecule has 0 saturated carbocycles. The molecule has 0 aliphatic rings. The molecule has 1 N–H and O–H groups in total. The molecule has 0 spiro atoms. The summed E-state index contributed by atoms with van der Waals surface area (Å²) >= 11 is 4.91. The zero-order chi connectivity index (χ0) is 15.2. The number of hydrogen-bond acceptors (Lipinski definition) is 3. The van der Waals surface area contributed by atoms with Crippen molar-refractivity contribution in [2.45, 2.75) is 18.4 Å². The van der Waals surface area contributed by atoms with Crippen molar-refractivity contribution >= 4 is 33.7 Å². The number of aromatic carboxylic acids is 1. The quantitative estimate of drug-likeness (QED) is 0.743. The van der Waals surface area contributed by atoms with Crippen LogP contribution in [0, 0.1) is 0 Å². The number of hydrogen-bond donors (Lipinski definition) is 1. The standard InChI is InChI=1S/C16H15BrO3S/c1-2-21-14-8-4-7-13(15(14)16(18)19)20-10-11-5-3-6-12(17)9-11/h3-9H,2,10H2,1H3,(H,18,19). The van der Waals surface area contributed by atoms with Crippen molar-refractivity contribution in [2.75, 3.05) is 5.75 Å². The minimum atomic E-state index is -0.962. The molecule has 0 bridgehead atoms. The van der Waals surface area contributed by atoms with Crippen LogP contribution in [0.2, 0.25) is 0 Å². The topological polar surface area (TPSA) is 46.5 Å². The first-order valence-electron chi connectivity index (χ1n) is 6.48. The number of benzene rings is 2. The predicted octanol–water partition coefficient (Wildman–Crippen LogP) is 4.84. The predicted molar refractivity (Wildman–Crippen MR) is 88.3 cm³/mol. The van der Waals surface area contributed by atoms with Crippen LogP contribution >= 0.6 is 27.7 Å². The van der Waals surface area contributed by atoms with Crippen LogP contribution in [0.1, 0.15) is 22.8 Å². The third-order valence-electron chi connectivity index (χ3n) is 2.79. The van der Waals surface area contributed by atoms with Gasteiger partial charge in [-0.3, -0.25) is 0 Å². The minimum absolute atomic E-state index is 0.236. The van der Waals surface area contributed by atoms with E-state index in [1.54, 1.807) is 6.07 Å². The molecule has 0 aliphatic heterocycles. The van der Waals surface area contributed by atoms with Crippen molar-refractivity contribution < 1.29 is 14.6 Å². The first-order valence-corrected chi connectivity index (χ1v) is 8.26. The summed E-state index contributed by atoms with van der Waals surface area (Å²) in [5, 5.41) is 9.41. The molecule has 0 aliphatic carbocycles. The van der Waals surface area contributed by atoms with Crippen LogP contribution < -0.4 is 4.74 Å². The number of carbonyl (C=O) groups is 1. The number of carboxylic acids is 1. The molecule has 5 heteroatoms. The highest BCUT2D eigenvalue weighted by Crippen LogP contribution is 2.30. The van der Waals surface area contributed by atoms with Crippen molar-refractivity contribution in [1.82, 2.24) is 0 Å². The molecule has 2 aromatic carbocycles. The summed E-state index contributed by atoms with van der Waals surface area (Å²) in [6, 6.07) is 13.1. The third-order valence-corrected chi connectivity index (χ3v) is 4.22. The van der Waals surface area contributed by atoms with Gasteiger partial charge in [-0.15, -0.1) is 11.8 Å².